The first-order valence-corrected chi connectivity index (χ1v) is 8.47. The number of hydrogen-bond acceptors (Lipinski definition) is 7. The molecule has 0 spiro atoms. The highest BCUT2D eigenvalue weighted by Gasteiger charge is 2.04. The van der Waals surface area contributed by atoms with Gasteiger partial charge in [0.1, 0.15) is 0 Å². The average Bonchev–Trinajstić information content (AvgIpc) is 2.55. The second kappa shape index (κ2) is 25.0. The van der Waals surface area contributed by atoms with E-state index in [1.165, 1.54) is 0 Å². The lowest BCUT2D eigenvalue weighted by Gasteiger charge is -2.14. The van der Waals surface area contributed by atoms with Crippen LogP contribution in [-0.4, -0.2) is 89.0 Å². The van der Waals surface area contributed by atoms with Crippen molar-refractivity contribution in [3.63, 3.8) is 0 Å². The summed E-state index contributed by atoms with van der Waals surface area (Å²) in [4.78, 5) is 0. The van der Waals surface area contributed by atoms with Gasteiger partial charge in [-0.25, -0.2) is 0 Å². The second-order valence-corrected chi connectivity index (χ2v) is 5.38. The third-order valence-corrected chi connectivity index (χ3v) is 2.24. The number of aliphatic hydroxyl groups is 2. The Balaban J connectivity index is -0.000000294. The van der Waals surface area contributed by atoms with Crippen LogP contribution in [-0.2, 0) is 23.7 Å². The topological polar surface area (TPSA) is 86.6 Å². The maximum atomic E-state index is 8.09. The first kappa shape index (κ1) is 28.5. The molecule has 0 saturated carbocycles. The van der Waals surface area contributed by atoms with Crippen molar-refractivity contribution in [3.8, 4) is 0 Å². The normalized spacial score (nSPS) is 10.5. The molecule has 7 nitrogen and oxygen atoms in total. The third kappa shape index (κ3) is 43.0. The Morgan fingerprint density at radius 3 is 1.17 bits per heavy atom. The van der Waals surface area contributed by atoms with Crippen molar-refractivity contribution < 1.29 is 33.9 Å². The molecular weight excluding hydrogens is 316 g/mol. The summed E-state index contributed by atoms with van der Waals surface area (Å²) in [5.74, 6) is 0. The minimum Gasteiger partial charge on any atom is -0.394 e. The smallest absolute Gasteiger partial charge is 0.0701 e. The molecule has 0 unspecified atom stereocenters. The molecule has 0 aromatic carbocycles. The van der Waals surface area contributed by atoms with Gasteiger partial charge >= 0.3 is 0 Å². The fourth-order valence-electron chi connectivity index (χ4n) is 0.858. The molecule has 0 amide bonds. The maximum Gasteiger partial charge on any atom is 0.0701 e. The van der Waals surface area contributed by atoms with Crippen LogP contribution in [0.2, 0.25) is 0 Å². The van der Waals surface area contributed by atoms with Crippen LogP contribution in [0, 0.1) is 0 Å². The van der Waals surface area contributed by atoms with Crippen LogP contribution in [0.15, 0.2) is 0 Å². The molecule has 0 aliphatic carbocycles. The molecule has 0 heterocycles. The molecule has 2 N–H and O–H groups in total. The van der Waals surface area contributed by atoms with Gasteiger partial charge in [0.25, 0.3) is 0 Å². The van der Waals surface area contributed by atoms with Crippen LogP contribution in [0.4, 0.5) is 0 Å². The SMILES string of the molecule is CCOCCOCCOCC.COC(C)(C)C.OCCOCCO. The van der Waals surface area contributed by atoms with Crippen LogP contribution >= 0.6 is 0 Å². The zero-order valence-corrected chi connectivity index (χ0v) is 16.5. The van der Waals surface area contributed by atoms with Gasteiger partial charge < -0.3 is 33.9 Å². The van der Waals surface area contributed by atoms with Gasteiger partial charge in [-0.2, -0.15) is 0 Å². The molecule has 0 aliphatic rings. The zero-order chi connectivity index (χ0) is 19.1. The van der Waals surface area contributed by atoms with Gasteiger partial charge in [-0.05, 0) is 34.6 Å². The standard InChI is InChI=1S/C8H18O3.C5H12O.C4H10O3/c1-3-9-5-7-11-8-6-10-4-2;1-5(2,3)6-4;5-1-3-7-4-2-6/h3-8H2,1-2H3;1-4H3;5-6H,1-4H2. The Labute approximate surface area is 148 Å². The van der Waals surface area contributed by atoms with Crippen molar-refractivity contribution in [2.75, 3.05) is 73.2 Å². The van der Waals surface area contributed by atoms with E-state index in [1.54, 1.807) is 7.11 Å². The number of hydrogen-bond donors (Lipinski definition) is 2. The molecule has 150 valence electrons. The van der Waals surface area contributed by atoms with Crippen molar-refractivity contribution >= 4 is 0 Å². The molecule has 24 heavy (non-hydrogen) atoms. The van der Waals surface area contributed by atoms with Crippen LogP contribution in [0.25, 0.3) is 0 Å². The Bertz CT molecular complexity index is 184. The molecule has 0 radical (unpaired) electrons. The summed E-state index contributed by atoms with van der Waals surface area (Å²) >= 11 is 0. The predicted octanol–water partition coefficient (Wildman–Crippen LogP) is 1.49. The van der Waals surface area contributed by atoms with Crippen molar-refractivity contribution in [3.05, 3.63) is 0 Å². The van der Waals surface area contributed by atoms with Crippen molar-refractivity contribution in [2.45, 2.75) is 40.2 Å². The van der Waals surface area contributed by atoms with E-state index in [4.69, 9.17) is 29.2 Å². The highest BCUT2D eigenvalue weighted by Crippen LogP contribution is 2.02. The number of ether oxygens (including phenoxy) is 5. The summed E-state index contributed by atoms with van der Waals surface area (Å²) in [6, 6.07) is 0. The summed E-state index contributed by atoms with van der Waals surface area (Å²) in [6.45, 7) is 14.9. The van der Waals surface area contributed by atoms with Gasteiger partial charge in [0.05, 0.1) is 58.5 Å². The van der Waals surface area contributed by atoms with Crippen LogP contribution in [0.1, 0.15) is 34.6 Å². The van der Waals surface area contributed by atoms with Crippen LogP contribution < -0.4 is 0 Å². The molecule has 0 rings (SSSR count). The molecule has 0 aromatic heterocycles. The first-order chi connectivity index (χ1) is 11.4. The molecule has 0 aromatic rings. The summed E-state index contributed by atoms with van der Waals surface area (Å²) < 4.78 is 24.9. The number of rotatable bonds is 12. The van der Waals surface area contributed by atoms with Gasteiger partial charge in [0.15, 0.2) is 0 Å². The van der Waals surface area contributed by atoms with Gasteiger partial charge in [0, 0.05) is 20.3 Å². The molecule has 0 bridgehead atoms. The van der Waals surface area contributed by atoms with Crippen LogP contribution in [0.5, 0.6) is 0 Å². The molecular formula is C17H40O7. The highest BCUT2D eigenvalue weighted by molar-refractivity contribution is 4.55. The van der Waals surface area contributed by atoms with Crippen LogP contribution in [0.3, 0.4) is 0 Å². The summed E-state index contributed by atoms with van der Waals surface area (Å²) in [7, 11) is 1.71. The van der Waals surface area contributed by atoms with Crippen molar-refractivity contribution in [1.29, 1.82) is 0 Å². The van der Waals surface area contributed by atoms with E-state index in [0.29, 0.717) is 39.6 Å². The summed E-state index contributed by atoms with van der Waals surface area (Å²) in [6.07, 6.45) is 0. The van der Waals surface area contributed by atoms with E-state index >= 15 is 0 Å². The van der Waals surface area contributed by atoms with E-state index < -0.39 is 0 Å². The number of methoxy groups -OCH3 is 1. The maximum absolute atomic E-state index is 8.09. The van der Waals surface area contributed by atoms with E-state index in [1.807, 2.05) is 34.6 Å². The molecule has 0 atom stereocenters. The van der Waals surface area contributed by atoms with Gasteiger partial charge in [-0.15, -0.1) is 0 Å². The lowest BCUT2D eigenvalue weighted by atomic mass is 10.2. The fourth-order valence-corrected chi connectivity index (χ4v) is 0.858. The Hall–Kier alpha value is -0.280. The highest BCUT2D eigenvalue weighted by atomic mass is 16.5. The van der Waals surface area contributed by atoms with Crippen molar-refractivity contribution in [2.24, 2.45) is 0 Å². The monoisotopic (exact) mass is 356 g/mol. The molecule has 0 fully saturated rings. The fraction of sp³-hybridized carbons (Fsp3) is 1.00. The largest absolute Gasteiger partial charge is 0.394 e. The van der Waals surface area contributed by atoms with E-state index in [0.717, 1.165) is 13.2 Å². The third-order valence-electron chi connectivity index (χ3n) is 2.24. The Kier molecular flexibility index (Phi) is 29.7. The van der Waals surface area contributed by atoms with Gasteiger partial charge in [-0.1, -0.05) is 0 Å². The quantitative estimate of drug-likeness (QED) is 0.512. The lowest BCUT2D eigenvalue weighted by molar-refractivity contribution is 0.0195. The summed E-state index contributed by atoms with van der Waals surface area (Å²) in [5.41, 5.74) is 0.0417. The van der Waals surface area contributed by atoms with E-state index in [9.17, 15) is 0 Å². The zero-order valence-electron chi connectivity index (χ0n) is 16.5. The average molecular weight is 357 g/mol. The second-order valence-electron chi connectivity index (χ2n) is 5.38. The van der Waals surface area contributed by atoms with Gasteiger partial charge in [0.2, 0.25) is 0 Å². The number of aliphatic hydroxyl groups excluding tert-OH is 2. The first-order valence-electron chi connectivity index (χ1n) is 8.47. The minimum absolute atomic E-state index is 0.0278. The summed E-state index contributed by atoms with van der Waals surface area (Å²) in [5, 5.41) is 16.2. The Morgan fingerprint density at radius 1 is 0.625 bits per heavy atom. The van der Waals surface area contributed by atoms with Crippen molar-refractivity contribution in [1.82, 2.24) is 0 Å². The lowest BCUT2D eigenvalue weighted by Crippen LogP contribution is -2.15. The molecule has 0 aliphatic heterocycles. The molecule has 0 saturated heterocycles. The Morgan fingerprint density at radius 2 is 0.917 bits per heavy atom. The predicted molar refractivity (Wildman–Crippen MR) is 95.6 cm³/mol. The van der Waals surface area contributed by atoms with Gasteiger partial charge in [-0.3, -0.25) is 0 Å². The molecule has 7 heteroatoms. The minimum atomic E-state index is 0.0278. The van der Waals surface area contributed by atoms with E-state index in [2.05, 4.69) is 4.74 Å². The van der Waals surface area contributed by atoms with E-state index in [-0.39, 0.29) is 18.8 Å².